The van der Waals surface area contributed by atoms with E-state index in [4.69, 9.17) is 4.74 Å². The van der Waals surface area contributed by atoms with E-state index in [1.54, 1.807) is 0 Å². The van der Waals surface area contributed by atoms with E-state index >= 15 is 0 Å². The van der Waals surface area contributed by atoms with E-state index < -0.39 is 0 Å². The summed E-state index contributed by atoms with van der Waals surface area (Å²) < 4.78 is 8.23. The maximum Gasteiger partial charge on any atom is 0.371 e. The molecule has 1 heterocycles. The molecule has 2 nitrogen and oxygen atoms in total. The summed E-state index contributed by atoms with van der Waals surface area (Å²) in [5.74, 6) is 0.969. The van der Waals surface area contributed by atoms with Gasteiger partial charge in [-0.25, -0.2) is 0 Å². The zero-order valence-electron chi connectivity index (χ0n) is 13.6. The second kappa shape index (κ2) is 6.41. The third-order valence-electron chi connectivity index (χ3n) is 4.29. The number of aryl methyl sites for hydroxylation is 1. The van der Waals surface area contributed by atoms with Crippen molar-refractivity contribution in [2.75, 3.05) is 13.7 Å². The molecule has 2 aromatic carbocycles. The minimum Gasteiger partial charge on any atom is -1.00 e. The Labute approximate surface area is 149 Å². The highest BCUT2D eigenvalue weighted by Gasteiger charge is 2.40. The van der Waals surface area contributed by atoms with Gasteiger partial charge in [0.2, 0.25) is 0 Å². The van der Waals surface area contributed by atoms with E-state index in [1.807, 2.05) is 0 Å². The van der Waals surface area contributed by atoms with Crippen molar-refractivity contribution in [3.05, 3.63) is 59.7 Å². The Balaban J connectivity index is 0.00000176. The lowest BCUT2D eigenvalue weighted by molar-refractivity contribution is -0.562. The second-order valence-corrected chi connectivity index (χ2v) is 6.38. The van der Waals surface area contributed by atoms with E-state index in [1.165, 1.54) is 16.7 Å². The molecule has 0 fully saturated rings. The highest BCUT2D eigenvalue weighted by atomic mass is 127. The molecule has 0 atom stereocenters. The average molecular weight is 407 g/mol. The predicted molar refractivity (Wildman–Crippen MR) is 86.9 cm³/mol. The molecule has 0 amide bonds. The van der Waals surface area contributed by atoms with Crippen LogP contribution in [-0.2, 0) is 4.74 Å². The molecule has 0 N–H and O–H groups in total. The number of hydrogen-bond donors (Lipinski definition) is 0. The van der Waals surface area contributed by atoms with Crippen LogP contribution in [-0.4, -0.2) is 29.7 Å². The van der Waals surface area contributed by atoms with Crippen molar-refractivity contribution in [3.8, 4) is 11.1 Å². The fraction of sp³-hybridized carbons (Fsp3) is 0.316. The molecule has 3 heteroatoms. The van der Waals surface area contributed by atoms with Crippen LogP contribution in [0.25, 0.3) is 11.1 Å². The van der Waals surface area contributed by atoms with Crippen molar-refractivity contribution in [1.29, 1.82) is 0 Å². The smallest absolute Gasteiger partial charge is 0.371 e. The molecule has 116 valence electrons. The Morgan fingerprint density at radius 2 is 1.55 bits per heavy atom. The molecule has 0 unspecified atom stereocenters. The molecule has 1 aliphatic heterocycles. The summed E-state index contributed by atoms with van der Waals surface area (Å²) in [6, 6.07) is 17.1. The van der Waals surface area contributed by atoms with Gasteiger partial charge in [-0.3, -0.25) is 0 Å². The van der Waals surface area contributed by atoms with E-state index in [-0.39, 0.29) is 29.5 Å². The molecular formula is C19H22INO. The molecule has 0 spiro atoms. The Hall–Kier alpha value is -1.36. The monoisotopic (exact) mass is 407 g/mol. The van der Waals surface area contributed by atoms with Crippen LogP contribution in [0.3, 0.4) is 0 Å². The third-order valence-corrected chi connectivity index (χ3v) is 4.29. The Kier molecular flexibility index (Phi) is 4.95. The van der Waals surface area contributed by atoms with Gasteiger partial charge in [0.25, 0.3) is 0 Å². The minimum atomic E-state index is 0. The van der Waals surface area contributed by atoms with Crippen LogP contribution in [0.15, 0.2) is 48.5 Å². The van der Waals surface area contributed by atoms with Gasteiger partial charge in [0.15, 0.2) is 12.1 Å². The van der Waals surface area contributed by atoms with Crippen LogP contribution in [0.1, 0.15) is 25.0 Å². The Morgan fingerprint density at radius 3 is 2.09 bits per heavy atom. The summed E-state index contributed by atoms with van der Waals surface area (Å²) in [7, 11) is 2.11. The largest absolute Gasteiger partial charge is 1.00 e. The van der Waals surface area contributed by atoms with Crippen molar-refractivity contribution in [1.82, 2.24) is 0 Å². The van der Waals surface area contributed by atoms with Crippen molar-refractivity contribution < 1.29 is 33.3 Å². The topological polar surface area (TPSA) is 12.2 Å². The molecule has 22 heavy (non-hydrogen) atoms. The van der Waals surface area contributed by atoms with Gasteiger partial charge in [-0.15, -0.1) is 0 Å². The van der Waals surface area contributed by atoms with Gasteiger partial charge in [-0.2, -0.15) is 4.58 Å². The van der Waals surface area contributed by atoms with E-state index in [0.717, 1.165) is 18.1 Å². The fourth-order valence-corrected chi connectivity index (χ4v) is 2.63. The zero-order chi connectivity index (χ0) is 15.0. The number of hydrogen-bond acceptors (Lipinski definition) is 1. The molecular weight excluding hydrogens is 385 g/mol. The summed E-state index contributed by atoms with van der Waals surface area (Å²) in [6.07, 6.45) is 0. The first-order valence-corrected chi connectivity index (χ1v) is 7.39. The van der Waals surface area contributed by atoms with Crippen LogP contribution < -0.4 is 24.0 Å². The molecule has 0 radical (unpaired) electrons. The highest BCUT2D eigenvalue weighted by Crippen LogP contribution is 2.28. The van der Waals surface area contributed by atoms with E-state index in [0.29, 0.717) is 0 Å². The number of ether oxygens (including phenoxy) is 1. The van der Waals surface area contributed by atoms with Gasteiger partial charge >= 0.3 is 5.90 Å². The van der Waals surface area contributed by atoms with Gasteiger partial charge < -0.3 is 28.7 Å². The fourth-order valence-electron chi connectivity index (χ4n) is 2.63. The first-order valence-electron chi connectivity index (χ1n) is 7.39. The van der Waals surface area contributed by atoms with Crippen LogP contribution in [0, 0.1) is 6.92 Å². The zero-order valence-corrected chi connectivity index (χ0v) is 15.7. The molecule has 0 aliphatic carbocycles. The van der Waals surface area contributed by atoms with Crippen LogP contribution in [0.5, 0.6) is 0 Å². The number of halogens is 1. The summed E-state index contributed by atoms with van der Waals surface area (Å²) in [4.78, 5) is 0. The Bertz CT molecular complexity index is 702. The van der Waals surface area contributed by atoms with Gasteiger partial charge in [0.05, 0.1) is 5.56 Å². The van der Waals surface area contributed by atoms with Crippen molar-refractivity contribution in [2.45, 2.75) is 26.3 Å². The Morgan fingerprint density at radius 1 is 0.955 bits per heavy atom. The number of nitrogens with zero attached hydrogens (tertiary/aromatic N) is 1. The summed E-state index contributed by atoms with van der Waals surface area (Å²) >= 11 is 0. The first kappa shape index (κ1) is 17.0. The maximum absolute atomic E-state index is 6.00. The quantitative estimate of drug-likeness (QED) is 0.532. The summed E-state index contributed by atoms with van der Waals surface area (Å²) in [5.41, 5.74) is 4.92. The molecule has 2 aromatic rings. The predicted octanol–water partition coefficient (Wildman–Crippen LogP) is 0.864. The number of likely N-dealkylation sites (N-methyl/N-ethyl adjacent to an activating group) is 1. The summed E-state index contributed by atoms with van der Waals surface area (Å²) in [6.45, 7) is 7.24. The van der Waals surface area contributed by atoms with E-state index in [2.05, 4.69) is 80.9 Å². The SMILES string of the molecule is Cc1ccc(-c2ccccc2C2=[N+](C)C(C)(C)CO2)cc1.[I-]. The highest BCUT2D eigenvalue weighted by molar-refractivity contribution is 5.98. The summed E-state index contributed by atoms with van der Waals surface area (Å²) in [5, 5.41) is 0. The normalized spacial score (nSPS) is 16.2. The lowest BCUT2D eigenvalue weighted by Gasteiger charge is -2.10. The molecule has 0 bridgehead atoms. The van der Waals surface area contributed by atoms with Gasteiger partial charge in [-0.1, -0.05) is 48.0 Å². The molecule has 0 aromatic heterocycles. The number of benzene rings is 2. The number of rotatable bonds is 2. The molecule has 1 aliphatic rings. The maximum atomic E-state index is 6.00. The van der Waals surface area contributed by atoms with Crippen molar-refractivity contribution in [3.63, 3.8) is 0 Å². The van der Waals surface area contributed by atoms with Crippen LogP contribution in [0.4, 0.5) is 0 Å². The molecule has 3 rings (SSSR count). The minimum absolute atomic E-state index is 0. The average Bonchev–Trinajstić information content (AvgIpc) is 2.74. The molecule has 0 saturated carbocycles. The van der Waals surface area contributed by atoms with Crippen LogP contribution in [0.2, 0.25) is 0 Å². The molecule has 0 saturated heterocycles. The lowest BCUT2D eigenvalue weighted by atomic mass is 9.98. The van der Waals surface area contributed by atoms with Gasteiger partial charge in [0.1, 0.15) is 7.05 Å². The van der Waals surface area contributed by atoms with Gasteiger partial charge in [0, 0.05) is 13.8 Å². The van der Waals surface area contributed by atoms with Crippen molar-refractivity contribution in [2.24, 2.45) is 0 Å². The second-order valence-electron chi connectivity index (χ2n) is 6.38. The van der Waals surface area contributed by atoms with Gasteiger partial charge in [-0.05, 0) is 24.1 Å². The standard InChI is InChI=1S/C19H22NO.HI/c1-14-9-11-15(12-10-14)16-7-5-6-8-17(16)18-20(4)19(2,3)13-21-18;/h5-12H,13H2,1-4H3;1H/q+1;/p-1. The van der Waals surface area contributed by atoms with Crippen LogP contribution >= 0.6 is 0 Å². The third kappa shape index (κ3) is 3.05. The van der Waals surface area contributed by atoms with Crippen molar-refractivity contribution >= 4 is 5.90 Å². The van der Waals surface area contributed by atoms with E-state index in [9.17, 15) is 0 Å². The first-order chi connectivity index (χ1) is 9.99. The lowest BCUT2D eigenvalue weighted by Crippen LogP contribution is -3.00.